The van der Waals surface area contributed by atoms with Crippen LogP contribution < -0.4 is 4.74 Å². The molecule has 0 saturated carbocycles. The summed E-state index contributed by atoms with van der Waals surface area (Å²) >= 11 is 0. The molecule has 0 bridgehead atoms. The number of rotatable bonds is 3. The highest BCUT2D eigenvalue weighted by atomic mass is 16.5. The van der Waals surface area contributed by atoms with Crippen LogP contribution in [0.4, 0.5) is 0 Å². The summed E-state index contributed by atoms with van der Waals surface area (Å²) in [5.41, 5.74) is 0.769. The quantitative estimate of drug-likeness (QED) is 0.830. The average Bonchev–Trinajstić information content (AvgIpc) is 2.83. The molecule has 0 N–H and O–H groups in total. The summed E-state index contributed by atoms with van der Waals surface area (Å²) in [4.78, 5) is 0. The summed E-state index contributed by atoms with van der Waals surface area (Å²) in [7, 11) is 1.65. The molecule has 3 rings (SSSR count). The van der Waals surface area contributed by atoms with Gasteiger partial charge in [0.05, 0.1) is 13.2 Å². The maximum atomic E-state index is 5.74. The lowest BCUT2D eigenvalue weighted by molar-refractivity contribution is 0.0155. The van der Waals surface area contributed by atoms with E-state index in [0.29, 0.717) is 0 Å². The van der Waals surface area contributed by atoms with Gasteiger partial charge >= 0.3 is 0 Å². The largest absolute Gasteiger partial charge is 0.493 e. The van der Waals surface area contributed by atoms with Gasteiger partial charge in [-0.2, -0.15) is 0 Å². The molecule has 5 nitrogen and oxygen atoms in total. The SMILES string of the molecule is COc1cccn2c(CC3CCCCO3)nnc12. The van der Waals surface area contributed by atoms with E-state index in [1.807, 2.05) is 22.7 Å². The Bertz CT molecular complexity index is 532. The Morgan fingerprint density at radius 2 is 2.39 bits per heavy atom. The van der Waals surface area contributed by atoms with Gasteiger partial charge in [0.1, 0.15) is 5.82 Å². The molecule has 1 unspecified atom stereocenters. The Labute approximate surface area is 106 Å². The first-order chi connectivity index (χ1) is 8.88. The van der Waals surface area contributed by atoms with E-state index < -0.39 is 0 Å². The molecule has 1 atom stereocenters. The molecular formula is C13H17N3O2. The standard InChI is InChI=1S/C13H17N3O2/c1-17-11-6-4-7-16-12(14-15-13(11)16)9-10-5-2-3-8-18-10/h4,6-7,10H,2-3,5,8-9H2,1H3. The predicted molar refractivity (Wildman–Crippen MR) is 66.8 cm³/mol. The average molecular weight is 247 g/mol. The number of hydrogen-bond acceptors (Lipinski definition) is 4. The second kappa shape index (κ2) is 4.94. The van der Waals surface area contributed by atoms with E-state index in [0.717, 1.165) is 36.7 Å². The van der Waals surface area contributed by atoms with Crippen LogP contribution in [0.1, 0.15) is 25.1 Å². The Balaban J connectivity index is 1.88. The van der Waals surface area contributed by atoms with E-state index in [2.05, 4.69) is 10.2 Å². The number of hydrogen-bond donors (Lipinski definition) is 0. The molecule has 2 aromatic heterocycles. The Morgan fingerprint density at radius 3 is 3.17 bits per heavy atom. The Morgan fingerprint density at radius 1 is 1.44 bits per heavy atom. The van der Waals surface area contributed by atoms with Gasteiger partial charge in [0, 0.05) is 19.2 Å². The van der Waals surface area contributed by atoms with Crippen molar-refractivity contribution in [2.45, 2.75) is 31.8 Å². The fourth-order valence-electron chi connectivity index (χ4n) is 2.41. The molecule has 1 aliphatic rings. The van der Waals surface area contributed by atoms with E-state index in [9.17, 15) is 0 Å². The van der Waals surface area contributed by atoms with Crippen LogP contribution in [0.25, 0.3) is 5.65 Å². The lowest BCUT2D eigenvalue weighted by Gasteiger charge is -2.21. The van der Waals surface area contributed by atoms with E-state index in [1.54, 1.807) is 7.11 Å². The van der Waals surface area contributed by atoms with E-state index >= 15 is 0 Å². The molecule has 96 valence electrons. The van der Waals surface area contributed by atoms with Crippen LogP contribution in [0, 0.1) is 0 Å². The smallest absolute Gasteiger partial charge is 0.203 e. The molecule has 2 aromatic rings. The molecular weight excluding hydrogens is 230 g/mol. The van der Waals surface area contributed by atoms with Crippen LogP contribution in [-0.2, 0) is 11.2 Å². The molecule has 1 saturated heterocycles. The summed E-state index contributed by atoms with van der Waals surface area (Å²) in [5.74, 6) is 1.69. The predicted octanol–water partition coefficient (Wildman–Crippen LogP) is 1.85. The van der Waals surface area contributed by atoms with Crippen molar-refractivity contribution in [3.05, 3.63) is 24.2 Å². The van der Waals surface area contributed by atoms with Gasteiger partial charge in [-0.15, -0.1) is 10.2 Å². The first kappa shape index (κ1) is 11.5. The number of nitrogens with zero attached hydrogens (tertiary/aromatic N) is 3. The molecule has 0 aliphatic carbocycles. The topological polar surface area (TPSA) is 48.7 Å². The summed E-state index contributed by atoms with van der Waals surface area (Å²) in [6.07, 6.45) is 6.58. The van der Waals surface area contributed by atoms with Crippen molar-refractivity contribution < 1.29 is 9.47 Å². The lowest BCUT2D eigenvalue weighted by Crippen LogP contribution is -2.22. The van der Waals surface area contributed by atoms with Crippen molar-refractivity contribution in [2.24, 2.45) is 0 Å². The van der Waals surface area contributed by atoms with Gasteiger partial charge in [0.25, 0.3) is 0 Å². The molecule has 5 heteroatoms. The molecule has 1 fully saturated rings. The van der Waals surface area contributed by atoms with Crippen LogP contribution in [0.5, 0.6) is 5.75 Å². The maximum Gasteiger partial charge on any atom is 0.203 e. The van der Waals surface area contributed by atoms with Gasteiger partial charge in [-0.3, -0.25) is 4.40 Å². The lowest BCUT2D eigenvalue weighted by atomic mass is 10.1. The minimum absolute atomic E-state index is 0.275. The monoisotopic (exact) mass is 247 g/mol. The molecule has 18 heavy (non-hydrogen) atoms. The number of methoxy groups -OCH3 is 1. The number of fused-ring (bicyclic) bond motifs is 1. The van der Waals surface area contributed by atoms with Crippen molar-refractivity contribution >= 4 is 5.65 Å². The van der Waals surface area contributed by atoms with Crippen LogP contribution in [0.2, 0.25) is 0 Å². The molecule has 0 radical (unpaired) electrons. The highest BCUT2D eigenvalue weighted by Gasteiger charge is 2.18. The highest BCUT2D eigenvalue weighted by molar-refractivity contribution is 5.53. The van der Waals surface area contributed by atoms with E-state index in [1.165, 1.54) is 12.8 Å². The van der Waals surface area contributed by atoms with Gasteiger partial charge in [-0.05, 0) is 31.4 Å². The van der Waals surface area contributed by atoms with E-state index in [-0.39, 0.29) is 6.10 Å². The maximum absolute atomic E-state index is 5.74. The summed E-state index contributed by atoms with van der Waals surface area (Å²) in [6.45, 7) is 0.866. The second-order valence-corrected chi connectivity index (χ2v) is 4.58. The molecule has 0 aromatic carbocycles. The molecule has 3 heterocycles. The van der Waals surface area contributed by atoms with Crippen molar-refractivity contribution in [3.63, 3.8) is 0 Å². The van der Waals surface area contributed by atoms with Gasteiger partial charge in [-0.1, -0.05) is 0 Å². The third kappa shape index (κ3) is 2.06. The van der Waals surface area contributed by atoms with Crippen molar-refractivity contribution in [1.82, 2.24) is 14.6 Å². The minimum atomic E-state index is 0.275. The first-order valence-corrected chi connectivity index (χ1v) is 6.36. The third-order valence-electron chi connectivity index (χ3n) is 3.37. The number of ether oxygens (including phenoxy) is 2. The second-order valence-electron chi connectivity index (χ2n) is 4.58. The highest BCUT2D eigenvalue weighted by Crippen LogP contribution is 2.20. The van der Waals surface area contributed by atoms with Crippen molar-refractivity contribution in [2.75, 3.05) is 13.7 Å². The van der Waals surface area contributed by atoms with Gasteiger partial charge in [0.2, 0.25) is 5.65 Å². The normalized spacial score (nSPS) is 20.2. The Hall–Kier alpha value is -1.62. The zero-order chi connectivity index (χ0) is 12.4. The van der Waals surface area contributed by atoms with Gasteiger partial charge in [0.15, 0.2) is 5.75 Å². The minimum Gasteiger partial charge on any atom is -0.493 e. The van der Waals surface area contributed by atoms with E-state index in [4.69, 9.17) is 9.47 Å². The number of aromatic nitrogens is 3. The fourth-order valence-corrected chi connectivity index (χ4v) is 2.41. The number of pyridine rings is 1. The summed E-state index contributed by atoms with van der Waals surface area (Å²) in [5, 5.41) is 8.44. The van der Waals surface area contributed by atoms with Crippen LogP contribution >= 0.6 is 0 Å². The molecule has 0 spiro atoms. The van der Waals surface area contributed by atoms with Crippen LogP contribution in [0.3, 0.4) is 0 Å². The summed E-state index contributed by atoms with van der Waals surface area (Å²) in [6, 6.07) is 3.84. The summed E-state index contributed by atoms with van der Waals surface area (Å²) < 4.78 is 13.0. The van der Waals surface area contributed by atoms with Crippen molar-refractivity contribution in [3.8, 4) is 5.75 Å². The molecule has 1 aliphatic heterocycles. The van der Waals surface area contributed by atoms with Crippen molar-refractivity contribution in [1.29, 1.82) is 0 Å². The molecule has 0 amide bonds. The van der Waals surface area contributed by atoms with Gasteiger partial charge < -0.3 is 9.47 Å². The first-order valence-electron chi connectivity index (χ1n) is 6.36. The zero-order valence-corrected chi connectivity index (χ0v) is 10.5. The zero-order valence-electron chi connectivity index (χ0n) is 10.5. The van der Waals surface area contributed by atoms with Crippen LogP contribution in [-0.4, -0.2) is 34.4 Å². The fraction of sp³-hybridized carbons (Fsp3) is 0.538. The third-order valence-corrected chi connectivity index (χ3v) is 3.37. The van der Waals surface area contributed by atoms with Gasteiger partial charge in [-0.25, -0.2) is 0 Å². The Kier molecular flexibility index (Phi) is 3.15. The van der Waals surface area contributed by atoms with Crippen LogP contribution in [0.15, 0.2) is 18.3 Å².